The third kappa shape index (κ3) is 3.18. The van der Waals surface area contributed by atoms with Crippen molar-refractivity contribution in [2.75, 3.05) is 13.7 Å². The van der Waals surface area contributed by atoms with Crippen LogP contribution >= 0.6 is 0 Å². The van der Waals surface area contributed by atoms with Gasteiger partial charge in [0.05, 0.1) is 19.2 Å². The molecule has 0 unspecified atom stereocenters. The minimum absolute atomic E-state index is 0.0247. The molecule has 1 aromatic heterocycles. The number of methoxy groups -OCH3 is 1. The van der Waals surface area contributed by atoms with Gasteiger partial charge in [0.25, 0.3) is 5.56 Å². The number of benzene rings is 1. The molecule has 0 aliphatic heterocycles. The summed E-state index contributed by atoms with van der Waals surface area (Å²) in [6, 6.07) is 5.20. The van der Waals surface area contributed by atoms with Crippen LogP contribution in [0.1, 0.15) is 32.6 Å². The summed E-state index contributed by atoms with van der Waals surface area (Å²) < 4.78 is 12.2. The predicted molar refractivity (Wildman–Crippen MR) is 87.0 cm³/mol. The number of hydrogen-bond acceptors (Lipinski definition) is 4. The lowest BCUT2D eigenvalue weighted by atomic mass is 10.1. The van der Waals surface area contributed by atoms with Crippen molar-refractivity contribution >= 4 is 10.9 Å². The number of pyridine rings is 1. The summed E-state index contributed by atoms with van der Waals surface area (Å²) in [5.41, 5.74) is 0.272. The summed E-state index contributed by atoms with van der Waals surface area (Å²) in [5, 5.41) is 10.9. The first kappa shape index (κ1) is 16.2. The molecule has 0 radical (unpaired) electrons. The molecule has 5 nitrogen and oxygen atoms in total. The molecule has 2 rings (SSSR count). The van der Waals surface area contributed by atoms with Crippen molar-refractivity contribution < 1.29 is 14.6 Å². The van der Waals surface area contributed by atoms with Gasteiger partial charge in [-0.3, -0.25) is 4.79 Å². The van der Waals surface area contributed by atoms with Gasteiger partial charge in [0.1, 0.15) is 5.75 Å². The second kappa shape index (κ2) is 7.20. The quantitative estimate of drug-likeness (QED) is 0.798. The fourth-order valence-corrected chi connectivity index (χ4v) is 2.43. The van der Waals surface area contributed by atoms with Crippen LogP contribution in [0.3, 0.4) is 0 Å². The molecular weight excluding hydrogens is 282 g/mol. The minimum atomic E-state index is -0.339. The first-order valence-corrected chi connectivity index (χ1v) is 7.62. The van der Waals surface area contributed by atoms with Crippen LogP contribution in [0.5, 0.6) is 17.2 Å². The van der Waals surface area contributed by atoms with Gasteiger partial charge in [0, 0.05) is 18.5 Å². The van der Waals surface area contributed by atoms with Crippen LogP contribution < -0.4 is 15.0 Å². The fourth-order valence-electron chi connectivity index (χ4n) is 2.43. The van der Waals surface area contributed by atoms with E-state index in [9.17, 15) is 9.90 Å². The Labute approximate surface area is 130 Å². The first-order chi connectivity index (χ1) is 10.6. The molecule has 0 aliphatic carbocycles. The molecule has 2 aromatic rings. The fraction of sp³-hybridized carbons (Fsp3) is 0.471. The number of unbranched alkanes of at least 4 members (excludes halogenated alkanes) is 3. The molecule has 1 N–H and O–H groups in total. The van der Waals surface area contributed by atoms with Crippen LogP contribution in [0.25, 0.3) is 10.9 Å². The van der Waals surface area contributed by atoms with E-state index in [4.69, 9.17) is 9.47 Å². The van der Waals surface area contributed by atoms with Crippen LogP contribution in [0, 0.1) is 0 Å². The van der Waals surface area contributed by atoms with E-state index in [-0.39, 0.29) is 17.1 Å². The van der Waals surface area contributed by atoms with E-state index in [1.807, 2.05) is 0 Å². The number of hydrogen-bond donors (Lipinski definition) is 1. The Hall–Kier alpha value is -2.17. The Morgan fingerprint density at radius 2 is 2.00 bits per heavy atom. The maximum atomic E-state index is 12.4. The third-order valence-electron chi connectivity index (χ3n) is 3.78. The predicted octanol–water partition coefficient (Wildman–Crippen LogP) is 3.21. The lowest BCUT2D eigenvalue weighted by Crippen LogP contribution is -2.20. The highest BCUT2D eigenvalue weighted by molar-refractivity contribution is 5.88. The van der Waals surface area contributed by atoms with E-state index in [0.29, 0.717) is 23.3 Å². The van der Waals surface area contributed by atoms with Crippen LogP contribution in [0.4, 0.5) is 0 Å². The topological polar surface area (TPSA) is 60.7 Å². The molecule has 0 bridgehead atoms. The normalized spacial score (nSPS) is 10.9. The summed E-state index contributed by atoms with van der Waals surface area (Å²) in [4.78, 5) is 12.4. The highest BCUT2D eigenvalue weighted by atomic mass is 16.5. The number of aryl methyl sites for hydroxylation is 1. The average molecular weight is 305 g/mol. The summed E-state index contributed by atoms with van der Waals surface area (Å²) >= 11 is 0. The van der Waals surface area contributed by atoms with Crippen LogP contribution in [0.2, 0.25) is 0 Å². The van der Waals surface area contributed by atoms with Gasteiger partial charge in [-0.1, -0.05) is 26.2 Å². The number of ether oxygens (including phenoxy) is 2. The molecule has 0 atom stereocenters. The van der Waals surface area contributed by atoms with Crippen molar-refractivity contribution in [3.05, 3.63) is 28.6 Å². The number of aromatic nitrogens is 1. The van der Waals surface area contributed by atoms with Crippen LogP contribution in [0.15, 0.2) is 23.0 Å². The molecule has 1 heterocycles. The molecule has 0 aliphatic rings. The molecule has 5 heteroatoms. The van der Waals surface area contributed by atoms with E-state index < -0.39 is 0 Å². The Morgan fingerprint density at radius 1 is 1.23 bits per heavy atom. The van der Waals surface area contributed by atoms with Crippen molar-refractivity contribution in [2.45, 2.75) is 32.6 Å². The molecule has 120 valence electrons. The van der Waals surface area contributed by atoms with Crippen molar-refractivity contribution in [3.8, 4) is 17.2 Å². The zero-order chi connectivity index (χ0) is 16.1. The van der Waals surface area contributed by atoms with Gasteiger partial charge < -0.3 is 19.1 Å². The van der Waals surface area contributed by atoms with Crippen molar-refractivity contribution in [1.29, 1.82) is 0 Å². The lowest BCUT2D eigenvalue weighted by Gasteiger charge is -2.13. The molecule has 0 saturated carbocycles. The van der Waals surface area contributed by atoms with Gasteiger partial charge in [0.15, 0.2) is 5.75 Å². The zero-order valence-electron chi connectivity index (χ0n) is 13.4. The SMILES string of the molecule is CCCCCCOc1c(O)c2ccc(OC)cc2n(C)c1=O. The third-order valence-corrected chi connectivity index (χ3v) is 3.78. The maximum absolute atomic E-state index is 12.4. The van der Waals surface area contributed by atoms with Crippen LogP contribution in [-0.2, 0) is 7.05 Å². The standard InChI is InChI=1S/C17H23NO4/c1-4-5-6-7-10-22-16-15(19)13-9-8-12(21-3)11-14(13)18(2)17(16)20/h8-9,11,19H,4-7,10H2,1-3H3. The molecule has 22 heavy (non-hydrogen) atoms. The molecule has 0 saturated heterocycles. The van der Waals surface area contributed by atoms with Gasteiger partial charge in [-0.15, -0.1) is 0 Å². The second-order valence-electron chi connectivity index (χ2n) is 5.33. The van der Waals surface area contributed by atoms with Crippen molar-refractivity contribution in [3.63, 3.8) is 0 Å². The number of aromatic hydroxyl groups is 1. The number of fused-ring (bicyclic) bond motifs is 1. The monoisotopic (exact) mass is 305 g/mol. The van der Waals surface area contributed by atoms with Crippen molar-refractivity contribution in [2.24, 2.45) is 7.05 Å². The number of rotatable bonds is 7. The van der Waals surface area contributed by atoms with Gasteiger partial charge in [-0.2, -0.15) is 0 Å². The van der Waals surface area contributed by atoms with Crippen molar-refractivity contribution in [1.82, 2.24) is 4.57 Å². The number of nitrogens with zero attached hydrogens (tertiary/aromatic N) is 1. The Morgan fingerprint density at radius 3 is 2.68 bits per heavy atom. The van der Waals surface area contributed by atoms with Gasteiger partial charge >= 0.3 is 0 Å². The van der Waals surface area contributed by atoms with E-state index >= 15 is 0 Å². The van der Waals surface area contributed by atoms with E-state index in [1.54, 1.807) is 32.4 Å². The molecule has 0 amide bonds. The summed E-state index contributed by atoms with van der Waals surface area (Å²) in [5.74, 6) is 0.558. The first-order valence-electron chi connectivity index (χ1n) is 7.62. The van der Waals surface area contributed by atoms with E-state index in [1.165, 1.54) is 4.57 Å². The minimum Gasteiger partial charge on any atom is -0.504 e. The molecule has 0 spiro atoms. The maximum Gasteiger partial charge on any atom is 0.297 e. The summed E-state index contributed by atoms with van der Waals surface area (Å²) in [6.45, 7) is 2.57. The average Bonchev–Trinajstić information content (AvgIpc) is 2.54. The summed E-state index contributed by atoms with van der Waals surface area (Å²) in [6.07, 6.45) is 4.22. The van der Waals surface area contributed by atoms with Gasteiger partial charge in [-0.25, -0.2) is 0 Å². The van der Waals surface area contributed by atoms with Crippen LogP contribution in [-0.4, -0.2) is 23.4 Å². The highest BCUT2D eigenvalue weighted by Crippen LogP contribution is 2.33. The lowest BCUT2D eigenvalue weighted by molar-refractivity contribution is 0.285. The van der Waals surface area contributed by atoms with E-state index in [0.717, 1.165) is 25.7 Å². The molecule has 1 aromatic carbocycles. The molecule has 0 fully saturated rings. The smallest absolute Gasteiger partial charge is 0.297 e. The Kier molecular flexibility index (Phi) is 5.31. The summed E-state index contributed by atoms with van der Waals surface area (Å²) in [7, 11) is 3.22. The largest absolute Gasteiger partial charge is 0.504 e. The van der Waals surface area contributed by atoms with Gasteiger partial charge in [0.2, 0.25) is 5.75 Å². The van der Waals surface area contributed by atoms with E-state index in [2.05, 4.69) is 6.92 Å². The van der Waals surface area contributed by atoms with Gasteiger partial charge in [-0.05, 0) is 18.6 Å². The highest BCUT2D eigenvalue weighted by Gasteiger charge is 2.16. The zero-order valence-corrected chi connectivity index (χ0v) is 13.4. The molecular formula is C17H23NO4. The Balaban J connectivity index is 2.33. The Bertz CT molecular complexity index is 706. The second-order valence-corrected chi connectivity index (χ2v) is 5.33.